The SMILES string of the molecule is Cc1cc(C(=O)NC(C(=O)O)C(C)O)c2cc(F)ccc2n1. The highest BCUT2D eigenvalue weighted by Crippen LogP contribution is 2.20. The number of carbonyl (C=O) groups is 2. The first-order valence-electron chi connectivity index (χ1n) is 6.58. The summed E-state index contributed by atoms with van der Waals surface area (Å²) < 4.78 is 13.4. The zero-order valence-corrected chi connectivity index (χ0v) is 12.0. The summed E-state index contributed by atoms with van der Waals surface area (Å²) in [4.78, 5) is 27.5. The summed E-state index contributed by atoms with van der Waals surface area (Å²) in [6.07, 6.45) is -1.27. The Labute approximate surface area is 125 Å². The lowest BCUT2D eigenvalue weighted by Crippen LogP contribution is -2.47. The van der Waals surface area contributed by atoms with E-state index in [9.17, 15) is 19.1 Å². The molecule has 1 aromatic heterocycles. The number of carbonyl (C=O) groups excluding carboxylic acids is 1. The van der Waals surface area contributed by atoms with E-state index in [2.05, 4.69) is 10.3 Å². The molecular weight excluding hydrogens is 291 g/mol. The fourth-order valence-corrected chi connectivity index (χ4v) is 2.13. The van der Waals surface area contributed by atoms with Gasteiger partial charge in [-0.25, -0.2) is 9.18 Å². The molecule has 0 radical (unpaired) electrons. The van der Waals surface area contributed by atoms with Crippen molar-refractivity contribution in [2.45, 2.75) is 26.0 Å². The van der Waals surface area contributed by atoms with Crippen LogP contribution in [0.4, 0.5) is 4.39 Å². The van der Waals surface area contributed by atoms with E-state index < -0.39 is 29.8 Å². The molecule has 1 heterocycles. The van der Waals surface area contributed by atoms with Gasteiger partial charge >= 0.3 is 5.97 Å². The van der Waals surface area contributed by atoms with E-state index in [0.717, 1.165) is 6.07 Å². The summed E-state index contributed by atoms with van der Waals surface area (Å²) in [5.41, 5.74) is 1.07. The number of hydrogen-bond acceptors (Lipinski definition) is 4. The maximum atomic E-state index is 13.4. The summed E-state index contributed by atoms with van der Waals surface area (Å²) >= 11 is 0. The third-order valence-electron chi connectivity index (χ3n) is 3.18. The molecule has 2 unspecified atom stereocenters. The van der Waals surface area contributed by atoms with E-state index in [0.29, 0.717) is 11.2 Å². The molecule has 2 rings (SSSR count). The molecule has 7 heteroatoms. The van der Waals surface area contributed by atoms with E-state index >= 15 is 0 Å². The number of pyridine rings is 1. The average Bonchev–Trinajstić information content (AvgIpc) is 2.43. The number of halogens is 1. The number of aliphatic hydroxyl groups is 1. The molecule has 0 saturated carbocycles. The zero-order valence-electron chi connectivity index (χ0n) is 12.0. The van der Waals surface area contributed by atoms with Crippen molar-refractivity contribution in [1.29, 1.82) is 0 Å². The van der Waals surface area contributed by atoms with Crippen LogP contribution in [0.5, 0.6) is 0 Å². The lowest BCUT2D eigenvalue weighted by Gasteiger charge is -2.17. The van der Waals surface area contributed by atoms with Crippen molar-refractivity contribution in [2.24, 2.45) is 0 Å². The number of nitrogens with zero attached hydrogens (tertiary/aromatic N) is 1. The van der Waals surface area contributed by atoms with Gasteiger partial charge in [0, 0.05) is 11.1 Å². The van der Waals surface area contributed by atoms with E-state index in [4.69, 9.17) is 5.11 Å². The average molecular weight is 306 g/mol. The van der Waals surface area contributed by atoms with E-state index in [1.165, 1.54) is 25.1 Å². The number of aliphatic carboxylic acids is 1. The van der Waals surface area contributed by atoms with Crippen LogP contribution in [0.2, 0.25) is 0 Å². The monoisotopic (exact) mass is 306 g/mol. The molecule has 116 valence electrons. The Balaban J connectivity index is 2.47. The molecule has 0 saturated heterocycles. The predicted molar refractivity (Wildman–Crippen MR) is 77.0 cm³/mol. The minimum Gasteiger partial charge on any atom is -0.480 e. The molecule has 0 aliphatic carbocycles. The van der Waals surface area contributed by atoms with Gasteiger partial charge in [-0.2, -0.15) is 0 Å². The normalized spacial score (nSPS) is 13.6. The molecule has 22 heavy (non-hydrogen) atoms. The first-order valence-corrected chi connectivity index (χ1v) is 6.58. The summed E-state index contributed by atoms with van der Waals surface area (Å²) in [6, 6.07) is 3.82. The molecule has 0 aliphatic heterocycles. The minimum absolute atomic E-state index is 0.105. The van der Waals surface area contributed by atoms with Gasteiger partial charge < -0.3 is 15.5 Å². The van der Waals surface area contributed by atoms with Gasteiger partial charge in [0.2, 0.25) is 0 Å². The molecule has 2 atom stereocenters. The number of carboxylic acid groups (broad SMARTS) is 1. The van der Waals surface area contributed by atoms with E-state index in [1.54, 1.807) is 6.92 Å². The predicted octanol–water partition coefficient (Wildman–Crippen LogP) is 1.25. The molecule has 3 N–H and O–H groups in total. The van der Waals surface area contributed by atoms with Crippen LogP contribution in [-0.4, -0.2) is 39.2 Å². The number of aromatic nitrogens is 1. The number of aryl methyl sites for hydroxylation is 1. The number of nitrogens with one attached hydrogen (secondary N) is 1. The van der Waals surface area contributed by atoms with Gasteiger partial charge in [-0.05, 0) is 38.1 Å². The van der Waals surface area contributed by atoms with Crippen molar-refractivity contribution in [3.8, 4) is 0 Å². The first kappa shape index (κ1) is 15.8. The largest absolute Gasteiger partial charge is 0.480 e. The van der Waals surface area contributed by atoms with Crippen LogP contribution in [0.1, 0.15) is 23.0 Å². The zero-order chi connectivity index (χ0) is 16.4. The van der Waals surface area contributed by atoms with Crippen LogP contribution in [0, 0.1) is 12.7 Å². The maximum absolute atomic E-state index is 13.4. The second-order valence-electron chi connectivity index (χ2n) is 5.00. The second kappa shape index (κ2) is 6.07. The number of fused-ring (bicyclic) bond motifs is 1. The number of hydrogen-bond donors (Lipinski definition) is 3. The number of amides is 1. The maximum Gasteiger partial charge on any atom is 0.328 e. The van der Waals surface area contributed by atoms with E-state index in [-0.39, 0.29) is 10.9 Å². The van der Waals surface area contributed by atoms with Gasteiger partial charge in [0.25, 0.3) is 5.91 Å². The molecule has 0 fully saturated rings. The number of benzene rings is 1. The quantitative estimate of drug-likeness (QED) is 0.789. The smallest absolute Gasteiger partial charge is 0.328 e. The molecule has 6 nitrogen and oxygen atoms in total. The Kier molecular flexibility index (Phi) is 4.37. The standard InChI is InChI=1S/C15H15FN2O4/c1-7-5-11(10-6-9(16)3-4-12(10)17-7)14(20)18-13(8(2)19)15(21)22/h3-6,8,13,19H,1-2H3,(H,18,20)(H,21,22). The van der Waals surface area contributed by atoms with Crippen LogP contribution in [0.25, 0.3) is 10.9 Å². The van der Waals surface area contributed by atoms with Gasteiger partial charge in [-0.3, -0.25) is 9.78 Å². The van der Waals surface area contributed by atoms with Crippen molar-refractivity contribution in [3.63, 3.8) is 0 Å². The molecule has 0 bridgehead atoms. The lowest BCUT2D eigenvalue weighted by atomic mass is 10.1. The Hall–Kier alpha value is -2.54. The van der Waals surface area contributed by atoms with Crippen molar-refractivity contribution in [2.75, 3.05) is 0 Å². The third-order valence-corrected chi connectivity index (χ3v) is 3.18. The highest BCUT2D eigenvalue weighted by atomic mass is 19.1. The Morgan fingerprint density at radius 2 is 2.00 bits per heavy atom. The van der Waals surface area contributed by atoms with E-state index in [1.807, 2.05) is 0 Å². The summed E-state index contributed by atoms with van der Waals surface area (Å²) in [5, 5.41) is 20.9. The molecule has 0 aliphatic rings. The Bertz CT molecular complexity index is 746. The number of rotatable bonds is 4. The fourth-order valence-electron chi connectivity index (χ4n) is 2.13. The number of aliphatic hydroxyl groups excluding tert-OH is 1. The Morgan fingerprint density at radius 3 is 2.59 bits per heavy atom. The third kappa shape index (κ3) is 3.20. The molecular formula is C15H15FN2O4. The van der Waals surface area contributed by atoms with Crippen LogP contribution in [-0.2, 0) is 4.79 Å². The molecule has 1 amide bonds. The van der Waals surface area contributed by atoms with Crippen LogP contribution >= 0.6 is 0 Å². The minimum atomic E-state index is -1.45. The second-order valence-corrected chi connectivity index (χ2v) is 5.00. The Morgan fingerprint density at radius 1 is 1.32 bits per heavy atom. The fraction of sp³-hybridized carbons (Fsp3) is 0.267. The van der Waals surface area contributed by atoms with Crippen LogP contribution < -0.4 is 5.32 Å². The van der Waals surface area contributed by atoms with Crippen molar-refractivity contribution in [1.82, 2.24) is 10.3 Å². The lowest BCUT2D eigenvalue weighted by molar-refractivity contribution is -0.141. The van der Waals surface area contributed by atoms with Gasteiger partial charge in [0.05, 0.1) is 17.2 Å². The summed E-state index contributed by atoms with van der Waals surface area (Å²) in [7, 11) is 0. The summed E-state index contributed by atoms with van der Waals surface area (Å²) in [6.45, 7) is 2.93. The van der Waals surface area contributed by atoms with Crippen molar-refractivity contribution in [3.05, 3.63) is 41.3 Å². The van der Waals surface area contributed by atoms with Gasteiger partial charge in [0.1, 0.15) is 5.82 Å². The van der Waals surface area contributed by atoms with Gasteiger partial charge in [0.15, 0.2) is 6.04 Å². The van der Waals surface area contributed by atoms with Crippen LogP contribution in [0.15, 0.2) is 24.3 Å². The molecule has 0 spiro atoms. The molecule has 1 aromatic carbocycles. The van der Waals surface area contributed by atoms with Crippen molar-refractivity contribution < 1.29 is 24.2 Å². The van der Waals surface area contributed by atoms with Crippen molar-refractivity contribution >= 4 is 22.8 Å². The number of carboxylic acids is 1. The first-order chi connectivity index (χ1) is 10.3. The molecule has 2 aromatic rings. The van der Waals surface area contributed by atoms with Gasteiger partial charge in [-0.15, -0.1) is 0 Å². The highest BCUT2D eigenvalue weighted by Gasteiger charge is 2.26. The topological polar surface area (TPSA) is 99.5 Å². The highest BCUT2D eigenvalue weighted by molar-refractivity contribution is 6.07. The summed E-state index contributed by atoms with van der Waals surface area (Å²) in [5.74, 6) is -2.60. The van der Waals surface area contributed by atoms with Gasteiger partial charge in [-0.1, -0.05) is 0 Å². The van der Waals surface area contributed by atoms with Crippen LogP contribution in [0.3, 0.4) is 0 Å².